The van der Waals surface area contributed by atoms with Gasteiger partial charge in [0, 0.05) is 19.6 Å². The molecule has 2 saturated heterocycles. The molecule has 2 aliphatic heterocycles. The Morgan fingerprint density at radius 1 is 1.45 bits per heavy atom. The zero-order chi connectivity index (χ0) is 15.2. The van der Waals surface area contributed by atoms with E-state index in [-0.39, 0.29) is 11.9 Å². The lowest BCUT2D eigenvalue weighted by Crippen LogP contribution is -2.38. The molecule has 122 valence electrons. The van der Waals surface area contributed by atoms with Gasteiger partial charge in [-0.15, -0.1) is 0 Å². The first-order chi connectivity index (χ1) is 10.8. The minimum absolute atomic E-state index is 0.155. The van der Waals surface area contributed by atoms with Gasteiger partial charge in [-0.3, -0.25) is 9.69 Å². The molecule has 1 unspecified atom stereocenters. The Kier molecular flexibility index (Phi) is 5.42. The first kappa shape index (κ1) is 15.5. The zero-order valence-electron chi connectivity index (χ0n) is 12.8. The first-order valence-corrected chi connectivity index (χ1v) is 8.10. The van der Waals surface area contributed by atoms with Crippen molar-refractivity contribution in [3.05, 3.63) is 17.8 Å². The number of hydrogen-bond acceptors (Lipinski definition) is 6. The van der Waals surface area contributed by atoms with Crippen molar-refractivity contribution < 1.29 is 13.9 Å². The maximum absolute atomic E-state index is 12.0. The largest absolute Gasteiger partial charge is 0.446 e. The number of nitrogens with one attached hydrogen (secondary N) is 2. The third kappa shape index (κ3) is 4.06. The molecule has 0 radical (unpaired) electrons. The number of carbonyl (C=O) groups is 1. The average Bonchev–Trinajstić information content (AvgIpc) is 3.22. The number of aromatic nitrogens is 1. The van der Waals surface area contributed by atoms with Gasteiger partial charge in [0.25, 0.3) is 5.91 Å². The Labute approximate surface area is 130 Å². The minimum Gasteiger partial charge on any atom is -0.446 e. The van der Waals surface area contributed by atoms with Crippen molar-refractivity contribution in [1.29, 1.82) is 0 Å². The smallest absolute Gasteiger partial charge is 0.273 e. The third-order valence-electron chi connectivity index (χ3n) is 4.15. The number of morpholine rings is 1. The minimum atomic E-state index is -0.157. The third-order valence-corrected chi connectivity index (χ3v) is 4.15. The van der Waals surface area contributed by atoms with Gasteiger partial charge < -0.3 is 19.8 Å². The Balaban J connectivity index is 1.38. The van der Waals surface area contributed by atoms with Crippen molar-refractivity contribution in [3.63, 3.8) is 0 Å². The molecule has 2 aliphatic rings. The molecule has 3 rings (SSSR count). The van der Waals surface area contributed by atoms with Gasteiger partial charge in [-0.25, -0.2) is 4.98 Å². The monoisotopic (exact) mass is 308 g/mol. The Hall–Kier alpha value is -1.44. The Morgan fingerprint density at radius 3 is 3.09 bits per heavy atom. The summed E-state index contributed by atoms with van der Waals surface area (Å²) in [4.78, 5) is 18.7. The van der Waals surface area contributed by atoms with Crippen LogP contribution in [0, 0.1) is 0 Å². The summed E-state index contributed by atoms with van der Waals surface area (Å²) in [7, 11) is 0. The van der Waals surface area contributed by atoms with Crippen molar-refractivity contribution in [2.75, 3.05) is 45.9 Å². The standard InChI is InChI=1S/C15H24N4O3/c20-14(17-5-2-6-19-7-9-21-10-8-19)13-11-22-15(18-13)12-3-1-4-16-12/h11-12,16H,1-10H2,(H,17,20). The molecule has 7 nitrogen and oxygen atoms in total. The summed E-state index contributed by atoms with van der Waals surface area (Å²) >= 11 is 0. The fourth-order valence-electron chi connectivity index (χ4n) is 2.87. The molecule has 0 saturated carbocycles. The van der Waals surface area contributed by atoms with Crippen LogP contribution in [0.2, 0.25) is 0 Å². The lowest BCUT2D eigenvalue weighted by atomic mass is 10.2. The molecule has 2 N–H and O–H groups in total. The van der Waals surface area contributed by atoms with E-state index >= 15 is 0 Å². The van der Waals surface area contributed by atoms with Gasteiger partial charge in [-0.1, -0.05) is 0 Å². The topological polar surface area (TPSA) is 79.6 Å². The van der Waals surface area contributed by atoms with Gasteiger partial charge in [0.05, 0.1) is 19.3 Å². The quantitative estimate of drug-likeness (QED) is 0.747. The number of rotatable bonds is 6. The van der Waals surface area contributed by atoms with Crippen LogP contribution in [0.1, 0.15) is 41.7 Å². The van der Waals surface area contributed by atoms with Crippen LogP contribution in [0.25, 0.3) is 0 Å². The molecule has 1 amide bonds. The van der Waals surface area contributed by atoms with Crippen molar-refractivity contribution >= 4 is 5.91 Å². The van der Waals surface area contributed by atoms with E-state index in [2.05, 4.69) is 20.5 Å². The fraction of sp³-hybridized carbons (Fsp3) is 0.733. The number of hydrogen-bond donors (Lipinski definition) is 2. The molecule has 22 heavy (non-hydrogen) atoms. The van der Waals surface area contributed by atoms with Crippen LogP contribution in [0.15, 0.2) is 10.7 Å². The Bertz CT molecular complexity index is 479. The highest BCUT2D eigenvalue weighted by Crippen LogP contribution is 2.22. The lowest BCUT2D eigenvalue weighted by molar-refractivity contribution is 0.0374. The van der Waals surface area contributed by atoms with Crippen molar-refractivity contribution in [1.82, 2.24) is 20.5 Å². The fourth-order valence-corrected chi connectivity index (χ4v) is 2.87. The summed E-state index contributed by atoms with van der Waals surface area (Å²) in [5.41, 5.74) is 0.370. The van der Waals surface area contributed by atoms with Gasteiger partial charge in [0.1, 0.15) is 6.26 Å². The molecule has 0 aliphatic carbocycles. The predicted molar refractivity (Wildman–Crippen MR) is 80.7 cm³/mol. The average molecular weight is 308 g/mol. The molecule has 0 spiro atoms. The maximum atomic E-state index is 12.0. The van der Waals surface area contributed by atoms with Gasteiger partial charge in [0.2, 0.25) is 5.89 Å². The maximum Gasteiger partial charge on any atom is 0.273 e. The zero-order valence-corrected chi connectivity index (χ0v) is 12.8. The van der Waals surface area contributed by atoms with Crippen LogP contribution in [-0.4, -0.2) is 61.7 Å². The van der Waals surface area contributed by atoms with E-state index in [0.29, 0.717) is 18.1 Å². The predicted octanol–water partition coefficient (Wildman–Crippen LogP) is 0.551. The second-order valence-electron chi connectivity index (χ2n) is 5.78. The van der Waals surface area contributed by atoms with Gasteiger partial charge >= 0.3 is 0 Å². The molecule has 1 atom stereocenters. The van der Waals surface area contributed by atoms with Crippen LogP contribution < -0.4 is 10.6 Å². The number of ether oxygens (including phenoxy) is 1. The van der Waals surface area contributed by atoms with E-state index in [1.165, 1.54) is 6.26 Å². The van der Waals surface area contributed by atoms with Crippen molar-refractivity contribution in [2.24, 2.45) is 0 Å². The summed E-state index contributed by atoms with van der Waals surface area (Å²) in [5.74, 6) is 0.464. The van der Waals surface area contributed by atoms with E-state index in [1.54, 1.807) is 0 Å². The van der Waals surface area contributed by atoms with E-state index in [9.17, 15) is 4.79 Å². The molecule has 1 aromatic heterocycles. The van der Waals surface area contributed by atoms with E-state index in [0.717, 1.165) is 58.7 Å². The van der Waals surface area contributed by atoms with Gasteiger partial charge in [-0.05, 0) is 32.4 Å². The lowest BCUT2D eigenvalue weighted by Gasteiger charge is -2.26. The van der Waals surface area contributed by atoms with E-state index < -0.39 is 0 Å². The Morgan fingerprint density at radius 2 is 2.32 bits per heavy atom. The number of oxazole rings is 1. The van der Waals surface area contributed by atoms with E-state index in [4.69, 9.17) is 9.15 Å². The highest BCUT2D eigenvalue weighted by Gasteiger charge is 2.22. The van der Waals surface area contributed by atoms with Crippen molar-refractivity contribution in [3.8, 4) is 0 Å². The van der Waals surface area contributed by atoms with Crippen LogP contribution in [0.4, 0.5) is 0 Å². The molecule has 3 heterocycles. The SMILES string of the molecule is O=C(NCCCN1CCOCC1)c1coc(C2CCCN2)n1. The normalized spacial score (nSPS) is 22.8. The molecular formula is C15H24N4O3. The first-order valence-electron chi connectivity index (χ1n) is 8.10. The van der Waals surface area contributed by atoms with Crippen LogP contribution in [0.3, 0.4) is 0 Å². The summed E-state index contributed by atoms with van der Waals surface area (Å²) in [5, 5.41) is 6.21. The second kappa shape index (κ2) is 7.71. The number of nitrogens with zero attached hydrogens (tertiary/aromatic N) is 2. The molecule has 1 aromatic rings. The molecule has 7 heteroatoms. The van der Waals surface area contributed by atoms with Gasteiger partial charge in [-0.2, -0.15) is 0 Å². The number of amides is 1. The summed E-state index contributed by atoms with van der Waals surface area (Å²) in [6.45, 7) is 6.20. The molecular weight excluding hydrogens is 284 g/mol. The highest BCUT2D eigenvalue weighted by atomic mass is 16.5. The van der Waals surface area contributed by atoms with Gasteiger partial charge in [0.15, 0.2) is 5.69 Å². The van der Waals surface area contributed by atoms with Crippen LogP contribution in [-0.2, 0) is 4.74 Å². The molecule has 0 aromatic carbocycles. The molecule has 2 fully saturated rings. The summed E-state index contributed by atoms with van der Waals surface area (Å²) < 4.78 is 10.7. The number of carbonyl (C=O) groups excluding carboxylic acids is 1. The summed E-state index contributed by atoms with van der Waals surface area (Å²) in [6, 6.07) is 0.155. The van der Waals surface area contributed by atoms with Crippen molar-refractivity contribution in [2.45, 2.75) is 25.3 Å². The van der Waals surface area contributed by atoms with E-state index in [1.807, 2.05) is 0 Å². The molecule has 0 bridgehead atoms. The van der Waals surface area contributed by atoms with Crippen LogP contribution >= 0.6 is 0 Å². The highest BCUT2D eigenvalue weighted by molar-refractivity contribution is 5.91. The summed E-state index contributed by atoms with van der Waals surface area (Å²) in [6.07, 6.45) is 4.52. The second-order valence-corrected chi connectivity index (χ2v) is 5.78. The van der Waals surface area contributed by atoms with Crippen LogP contribution in [0.5, 0.6) is 0 Å².